The molecular weight excluding hydrogens is 669 g/mol. The van der Waals surface area contributed by atoms with E-state index in [1.165, 1.54) is 43.7 Å². The molecule has 2 aromatic heterocycles. The number of aromatic nitrogens is 1. The Bertz CT molecular complexity index is 3150. The molecule has 0 bridgehead atoms. The fraction of sp³-hybridized carbons (Fsp3) is 0. The van der Waals surface area contributed by atoms with Gasteiger partial charge in [-0.2, -0.15) is 0 Å². The molecule has 3 heteroatoms. The minimum atomic E-state index is 0.893. The Hall–Kier alpha value is -7.36. The molecule has 3 nitrogen and oxygen atoms in total. The number of furan rings is 1. The average molecular weight is 703 g/mol. The summed E-state index contributed by atoms with van der Waals surface area (Å²) in [6, 6.07) is 73.9. The van der Waals surface area contributed by atoms with E-state index in [9.17, 15) is 0 Å². The van der Waals surface area contributed by atoms with Crippen molar-refractivity contribution in [3.05, 3.63) is 206 Å². The van der Waals surface area contributed by atoms with Gasteiger partial charge in [-0.3, -0.25) is 0 Å². The van der Waals surface area contributed by atoms with E-state index in [2.05, 4.69) is 204 Å². The van der Waals surface area contributed by atoms with Crippen LogP contribution in [0.25, 0.3) is 82.5 Å². The van der Waals surface area contributed by atoms with Gasteiger partial charge in [-0.1, -0.05) is 140 Å². The molecular formula is C52H34N2O. The van der Waals surface area contributed by atoms with Gasteiger partial charge in [0.15, 0.2) is 0 Å². The molecule has 0 aliphatic heterocycles. The van der Waals surface area contributed by atoms with E-state index >= 15 is 0 Å². The van der Waals surface area contributed by atoms with Crippen LogP contribution in [0.15, 0.2) is 211 Å². The summed E-state index contributed by atoms with van der Waals surface area (Å²) in [5, 5.41) is 7.23. The highest BCUT2D eigenvalue weighted by Crippen LogP contribution is 2.45. The van der Waals surface area contributed by atoms with Gasteiger partial charge in [0.1, 0.15) is 11.2 Å². The summed E-state index contributed by atoms with van der Waals surface area (Å²) in [5.74, 6) is 0. The summed E-state index contributed by atoms with van der Waals surface area (Å²) >= 11 is 0. The van der Waals surface area contributed by atoms with Crippen LogP contribution in [0.1, 0.15) is 0 Å². The van der Waals surface area contributed by atoms with E-state index in [-0.39, 0.29) is 0 Å². The Balaban J connectivity index is 1.08. The van der Waals surface area contributed by atoms with Crippen molar-refractivity contribution in [1.82, 2.24) is 4.57 Å². The summed E-state index contributed by atoms with van der Waals surface area (Å²) in [4.78, 5) is 2.37. The first kappa shape index (κ1) is 31.2. The third-order valence-corrected chi connectivity index (χ3v) is 11.0. The van der Waals surface area contributed by atoms with Crippen molar-refractivity contribution in [1.29, 1.82) is 0 Å². The standard InChI is InChI=1S/C52H34N2O/c1-2-13-37-34-38(25-24-35(37)12-1)36-26-28-39(29-27-36)53(40-30-32-41(33-31-40)54-49-21-8-3-14-42(49)43-15-4-9-22-50(43)54)48-20-7-5-16-44(48)46-18-11-19-47-45-17-6-10-23-51(45)55-52(46)47/h1-34H. The number of rotatable bonds is 6. The van der Waals surface area contributed by atoms with Gasteiger partial charge in [0.05, 0.1) is 16.7 Å². The maximum atomic E-state index is 6.59. The molecule has 0 saturated carbocycles. The second-order valence-corrected chi connectivity index (χ2v) is 14.1. The van der Waals surface area contributed by atoms with Crippen LogP contribution in [-0.2, 0) is 0 Å². The lowest BCUT2D eigenvalue weighted by molar-refractivity contribution is 0.670. The van der Waals surface area contributed by atoms with E-state index < -0.39 is 0 Å². The maximum Gasteiger partial charge on any atom is 0.143 e. The van der Waals surface area contributed by atoms with Gasteiger partial charge in [-0.15, -0.1) is 0 Å². The number of nitrogens with zero attached hydrogens (tertiary/aromatic N) is 2. The molecule has 0 amide bonds. The summed E-state index contributed by atoms with van der Waals surface area (Å²) in [6.45, 7) is 0. The zero-order valence-corrected chi connectivity index (χ0v) is 29.9. The van der Waals surface area contributed by atoms with Crippen molar-refractivity contribution in [2.75, 3.05) is 4.90 Å². The fourth-order valence-corrected chi connectivity index (χ4v) is 8.41. The van der Waals surface area contributed by atoms with E-state index in [0.717, 1.165) is 55.8 Å². The van der Waals surface area contributed by atoms with Crippen molar-refractivity contribution in [3.8, 4) is 27.9 Å². The first-order valence-corrected chi connectivity index (χ1v) is 18.8. The lowest BCUT2D eigenvalue weighted by Gasteiger charge is -2.28. The predicted molar refractivity (Wildman–Crippen MR) is 231 cm³/mol. The molecule has 11 rings (SSSR count). The topological polar surface area (TPSA) is 21.3 Å². The normalized spacial score (nSPS) is 11.6. The second-order valence-electron chi connectivity index (χ2n) is 14.1. The van der Waals surface area contributed by atoms with Crippen LogP contribution in [0.3, 0.4) is 0 Å². The quantitative estimate of drug-likeness (QED) is 0.172. The minimum Gasteiger partial charge on any atom is -0.455 e. The molecule has 0 spiro atoms. The van der Waals surface area contributed by atoms with Crippen LogP contribution < -0.4 is 4.90 Å². The van der Waals surface area contributed by atoms with Gasteiger partial charge in [0, 0.05) is 49.7 Å². The molecule has 0 N–H and O–H groups in total. The number of para-hydroxylation sites is 5. The summed E-state index contributed by atoms with van der Waals surface area (Å²) in [6.07, 6.45) is 0. The van der Waals surface area contributed by atoms with Gasteiger partial charge in [-0.05, 0) is 88.6 Å². The molecule has 0 radical (unpaired) electrons. The third-order valence-electron chi connectivity index (χ3n) is 11.0. The van der Waals surface area contributed by atoms with Crippen molar-refractivity contribution in [3.63, 3.8) is 0 Å². The van der Waals surface area contributed by atoms with Crippen LogP contribution in [-0.4, -0.2) is 4.57 Å². The van der Waals surface area contributed by atoms with E-state index in [4.69, 9.17) is 4.42 Å². The zero-order chi connectivity index (χ0) is 36.3. The minimum absolute atomic E-state index is 0.893. The molecule has 2 heterocycles. The largest absolute Gasteiger partial charge is 0.455 e. The number of hydrogen-bond acceptors (Lipinski definition) is 2. The van der Waals surface area contributed by atoms with Crippen molar-refractivity contribution in [2.24, 2.45) is 0 Å². The lowest BCUT2D eigenvalue weighted by Crippen LogP contribution is -2.11. The highest BCUT2D eigenvalue weighted by molar-refractivity contribution is 6.11. The molecule has 258 valence electrons. The second kappa shape index (κ2) is 12.6. The summed E-state index contributed by atoms with van der Waals surface area (Å²) < 4.78 is 8.95. The molecule has 0 aliphatic carbocycles. The van der Waals surface area contributed by atoms with Gasteiger partial charge in [0.2, 0.25) is 0 Å². The molecule has 11 aromatic rings. The van der Waals surface area contributed by atoms with Crippen molar-refractivity contribution >= 4 is 71.6 Å². The third kappa shape index (κ3) is 5.13. The van der Waals surface area contributed by atoms with Crippen molar-refractivity contribution in [2.45, 2.75) is 0 Å². The van der Waals surface area contributed by atoms with Crippen molar-refractivity contribution < 1.29 is 4.42 Å². The first-order valence-electron chi connectivity index (χ1n) is 18.8. The first-order chi connectivity index (χ1) is 27.3. The number of anilines is 3. The molecule has 0 aliphatic rings. The Morgan fingerprint density at radius 2 is 0.945 bits per heavy atom. The molecule has 55 heavy (non-hydrogen) atoms. The van der Waals surface area contributed by atoms with Gasteiger partial charge < -0.3 is 13.9 Å². The predicted octanol–water partition coefficient (Wildman–Crippen LogP) is 14.6. The Kier molecular flexibility index (Phi) is 7.17. The Morgan fingerprint density at radius 3 is 1.71 bits per heavy atom. The highest BCUT2D eigenvalue weighted by Gasteiger charge is 2.21. The van der Waals surface area contributed by atoms with Gasteiger partial charge >= 0.3 is 0 Å². The SMILES string of the molecule is c1ccc(N(c2ccc(-c3ccc4ccccc4c3)cc2)c2ccc(-n3c4ccccc4c4ccccc43)cc2)c(-c2cccc3c2oc2ccccc23)c1. The van der Waals surface area contributed by atoms with Crippen LogP contribution in [0, 0.1) is 0 Å². The Morgan fingerprint density at radius 1 is 0.382 bits per heavy atom. The maximum absolute atomic E-state index is 6.59. The average Bonchev–Trinajstić information content (AvgIpc) is 3.81. The number of fused-ring (bicyclic) bond motifs is 7. The molecule has 0 atom stereocenters. The summed E-state index contributed by atoms with van der Waals surface area (Å²) in [7, 11) is 0. The van der Waals surface area contributed by atoms with E-state index in [1.54, 1.807) is 0 Å². The number of benzene rings is 9. The van der Waals surface area contributed by atoms with Crippen LogP contribution in [0.5, 0.6) is 0 Å². The van der Waals surface area contributed by atoms with Gasteiger partial charge in [-0.25, -0.2) is 0 Å². The molecule has 0 saturated heterocycles. The smallest absolute Gasteiger partial charge is 0.143 e. The van der Waals surface area contributed by atoms with Crippen LogP contribution >= 0.6 is 0 Å². The summed E-state index contributed by atoms with van der Waals surface area (Å²) in [5.41, 5.74) is 13.0. The highest BCUT2D eigenvalue weighted by atomic mass is 16.3. The van der Waals surface area contributed by atoms with E-state index in [1.807, 2.05) is 12.1 Å². The molecule has 0 fully saturated rings. The monoisotopic (exact) mass is 702 g/mol. The lowest BCUT2D eigenvalue weighted by atomic mass is 9.98. The Labute approximate surface area is 318 Å². The van der Waals surface area contributed by atoms with Gasteiger partial charge in [0.25, 0.3) is 0 Å². The fourth-order valence-electron chi connectivity index (χ4n) is 8.41. The van der Waals surface area contributed by atoms with Crippen LogP contribution in [0.2, 0.25) is 0 Å². The number of hydrogen-bond donors (Lipinski definition) is 0. The zero-order valence-electron chi connectivity index (χ0n) is 29.9. The molecule has 0 unspecified atom stereocenters. The molecule has 9 aromatic carbocycles. The van der Waals surface area contributed by atoms with Crippen LogP contribution in [0.4, 0.5) is 17.1 Å². The van der Waals surface area contributed by atoms with E-state index in [0.29, 0.717) is 0 Å².